The van der Waals surface area contributed by atoms with Gasteiger partial charge in [0, 0.05) is 6.42 Å². The summed E-state index contributed by atoms with van der Waals surface area (Å²) in [5, 5.41) is 9.62. The number of benzene rings is 1. The zero-order chi connectivity index (χ0) is 12.0. The smallest absolute Gasteiger partial charge is 0.161 e. The first-order valence-electron chi connectivity index (χ1n) is 5.59. The lowest BCUT2D eigenvalue weighted by molar-refractivity contribution is 0.0970. The third kappa shape index (κ3) is 3.74. The minimum absolute atomic E-state index is 0.265. The SMILES string of the molecule is COc1ccccc1OCCC(O)C(C)C. The predicted octanol–water partition coefficient (Wildman–Crippen LogP) is 2.48. The van der Waals surface area contributed by atoms with Gasteiger partial charge in [-0.3, -0.25) is 0 Å². The van der Waals surface area contributed by atoms with Crippen LogP contribution in [0.1, 0.15) is 20.3 Å². The fourth-order valence-electron chi connectivity index (χ4n) is 1.36. The standard InChI is InChI=1S/C13H20O3/c1-10(2)11(14)8-9-16-13-7-5-4-6-12(13)15-3/h4-7,10-11,14H,8-9H2,1-3H3. The van der Waals surface area contributed by atoms with E-state index in [1.807, 2.05) is 38.1 Å². The molecule has 0 bridgehead atoms. The molecule has 0 fully saturated rings. The molecule has 1 aromatic rings. The van der Waals surface area contributed by atoms with Gasteiger partial charge in [-0.05, 0) is 18.1 Å². The van der Waals surface area contributed by atoms with Crippen LogP contribution in [0.5, 0.6) is 11.5 Å². The lowest BCUT2D eigenvalue weighted by Crippen LogP contribution is -2.18. The van der Waals surface area contributed by atoms with Crippen LogP contribution in [0.4, 0.5) is 0 Å². The van der Waals surface area contributed by atoms with Crippen molar-refractivity contribution in [2.75, 3.05) is 13.7 Å². The molecule has 1 rings (SSSR count). The second-order valence-electron chi connectivity index (χ2n) is 4.10. The molecule has 0 amide bonds. The van der Waals surface area contributed by atoms with E-state index < -0.39 is 0 Å². The minimum atomic E-state index is -0.310. The van der Waals surface area contributed by atoms with Gasteiger partial charge in [0.15, 0.2) is 11.5 Å². The van der Waals surface area contributed by atoms with Gasteiger partial charge in [0.25, 0.3) is 0 Å². The number of aliphatic hydroxyl groups excluding tert-OH is 1. The van der Waals surface area contributed by atoms with Crippen molar-refractivity contribution in [2.45, 2.75) is 26.4 Å². The summed E-state index contributed by atoms with van der Waals surface area (Å²) >= 11 is 0. The molecule has 0 spiro atoms. The highest BCUT2D eigenvalue weighted by atomic mass is 16.5. The molecule has 1 aromatic carbocycles. The Balaban J connectivity index is 2.42. The van der Waals surface area contributed by atoms with Crippen molar-refractivity contribution in [1.82, 2.24) is 0 Å². The van der Waals surface area contributed by atoms with Crippen molar-refractivity contribution in [3.8, 4) is 11.5 Å². The summed E-state index contributed by atoms with van der Waals surface area (Å²) in [4.78, 5) is 0. The average Bonchev–Trinajstić information content (AvgIpc) is 2.29. The second kappa shape index (κ2) is 6.38. The summed E-state index contributed by atoms with van der Waals surface area (Å²) in [7, 11) is 1.62. The van der Waals surface area contributed by atoms with Crippen LogP contribution in [0, 0.1) is 5.92 Å². The Morgan fingerprint density at radius 3 is 2.38 bits per heavy atom. The van der Waals surface area contributed by atoms with Crippen molar-refractivity contribution < 1.29 is 14.6 Å². The van der Waals surface area contributed by atoms with E-state index >= 15 is 0 Å². The molecular weight excluding hydrogens is 204 g/mol. The van der Waals surface area contributed by atoms with Crippen molar-refractivity contribution in [3.63, 3.8) is 0 Å². The minimum Gasteiger partial charge on any atom is -0.493 e. The molecule has 0 aliphatic rings. The normalized spacial score (nSPS) is 12.6. The van der Waals surface area contributed by atoms with Crippen LogP contribution in [-0.2, 0) is 0 Å². The van der Waals surface area contributed by atoms with Crippen LogP contribution >= 0.6 is 0 Å². The molecule has 0 saturated carbocycles. The summed E-state index contributed by atoms with van der Waals surface area (Å²) in [6.07, 6.45) is 0.324. The number of aliphatic hydroxyl groups is 1. The van der Waals surface area contributed by atoms with E-state index in [-0.39, 0.29) is 12.0 Å². The van der Waals surface area contributed by atoms with Gasteiger partial charge in [-0.15, -0.1) is 0 Å². The first-order valence-corrected chi connectivity index (χ1v) is 5.59. The van der Waals surface area contributed by atoms with Crippen molar-refractivity contribution >= 4 is 0 Å². The molecule has 0 saturated heterocycles. The summed E-state index contributed by atoms with van der Waals surface area (Å²) < 4.78 is 10.7. The molecule has 1 N–H and O–H groups in total. The Morgan fingerprint density at radius 1 is 1.19 bits per heavy atom. The molecule has 0 aliphatic heterocycles. The molecule has 0 aliphatic carbocycles. The van der Waals surface area contributed by atoms with Crippen LogP contribution < -0.4 is 9.47 Å². The number of para-hydroxylation sites is 2. The molecule has 0 heterocycles. The second-order valence-corrected chi connectivity index (χ2v) is 4.10. The Bertz CT molecular complexity index is 310. The van der Waals surface area contributed by atoms with E-state index in [1.165, 1.54) is 0 Å². The van der Waals surface area contributed by atoms with E-state index in [4.69, 9.17) is 9.47 Å². The Labute approximate surface area is 97.0 Å². The van der Waals surface area contributed by atoms with Gasteiger partial charge < -0.3 is 14.6 Å². The zero-order valence-corrected chi connectivity index (χ0v) is 10.1. The zero-order valence-electron chi connectivity index (χ0n) is 10.1. The van der Waals surface area contributed by atoms with Gasteiger partial charge in [-0.25, -0.2) is 0 Å². The highest BCUT2D eigenvalue weighted by molar-refractivity contribution is 5.39. The Morgan fingerprint density at radius 2 is 1.81 bits per heavy atom. The van der Waals surface area contributed by atoms with Crippen LogP contribution in [0.25, 0.3) is 0 Å². The third-order valence-electron chi connectivity index (χ3n) is 2.51. The van der Waals surface area contributed by atoms with Crippen LogP contribution in [0.15, 0.2) is 24.3 Å². The third-order valence-corrected chi connectivity index (χ3v) is 2.51. The van der Waals surface area contributed by atoms with E-state index in [2.05, 4.69) is 0 Å². The van der Waals surface area contributed by atoms with E-state index in [0.29, 0.717) is 13.0 Å². The van der Waals surface area contributed by atoms with E-state index in [0.717, 1.165) is 11.5 Å². The number of hydrogen-bond acceptors (Lipinski definition) is 3. The van der Waals surface area contributed by atoms with E-state index in [1.54, 1.807) is 7.11 Å². The van der Waals surface area contributed by atoms with Crippen molar-refractivity contribution in [2.24, 2.45) is 5.92 Å². The largest absolute Gasteiger partial charge is 0.493 e. The van der Waals surface area contributed by atoms with Gasteiger partial charge in [0.05, 0.1) is 19.8 Å². The fraction of sp³-hybridized carbons (Fsp3) is 0.538. The van der Waals surface area contributed by atoms with Crippen LogP contribution in [0.3, 0.4) is 0 Å². The lowest BCUT2D eigenvalue weighted by Gasteiger charge is -2.15. The molecule has 0 radical (unpaired) electrons. The number of rotatable bonds is 6. The topological polar surface area (TPSA) is 38.7 Å². The summed E-state index contributed by atoms with van der Waals surface area (Å²) in [6.45, 7) is 4.49. The van der Waals surface area contributed by atoms with Gasteiger partial charge in [0.2, 0.25) is 0 Å². The van der Waals surface area contributed by atoms with Gasteiger partial charge in [-0.1, -0.05) is 26.0 Å². The monoisotopic (exact) mass is 224 g/mol. The first-order chi connectivity index (χ1) is 7.65. The summed E-state index contributed by atoms with van der Waals surface area (Å²) in [5.41, 5.74) is 0. The summed E-state index contributed by atoms with van der Waals surface area (Å²) in [6, 6.07) is 7.51. The quantitative estimate of drug-likeness (QED) is 0.806. The van der Waals surface area contributed by atoms with Crippen molar-refractivity contribution in [1.29, 1.82) is 0 Å². The summed E-state index contributed by atoms with van der Waals surface area (Å²) in [5.74, 6) is 1.71. The molecular formula is C13H20O3. The van der Waals surface area contributed by atoms with E-state index in [9.17, 15) is 5.11 Å². The van der Waals surface area contributed by atoms with Crippen LogP contribution in [-0.4, -0.2) is 24.9 Å². The van der Waals surface area contributed by atoms with Gasteiger partial charge >= 0.3 is 0 Å². The maximum Gasteiger partial charge on any atom is 0.161 e. The molecule has 0 aromatic heterocycles. The Hall–Kier alpha value is -1.22. The highest BCUT2D eigenvalue weighted by Crippen LogP contribution is 2.25. The number of ether oxygens (including phenoxy) is 2. The molecule has 3 nitrogen and oxygen atoms in total. The Kier molecular flexibility index (Phi) is 5.12. The number of methoxy groups -OCH3 is 1. The van der Waals surface area contributed by atoms with Crippen LogP contribution in [0.2, 0.25) is 0 Å². The van der Waals surface area contributed by atoms with Gasteiger partial charge in [-0.2, -0.15) is 0 Å². The highest BCUT2D eigenvalue weighted by Gasteiger charge is 2.09. The van der Waals surface area contributed by atoms with Gasteiger partial charge in [0.1, 0.15) is 0 Å². The number of hydrogen-bond donors (Lipinski definition) is 1. The predicted molar refractivity (Wildman–Crippen MR) is 64.0 cm³/mol. The average molecular weight is 224 g/mol. The molecule has 16 heavy (non-hydrogen) atoms. The lowest BCUT2D eigenvalue weighted by atomic mass is 10.1. The molecule has 1 unspecified atom stereocenters. The fourth-order valence-corrected chi connectivity index (χ4v) is 1.36. The molecule has 3 heteroatoms. The van der Waals surface area contributed by atoms with Crippen molar-refractivity contribution in [3.05, 3.63) is 24.3 Å². The maximum absolute atomic E-state index is 9.62. The molecule has 90 valence electrons. The first kappa shape index (κ1) is 12.8. The maximum atomic E-state index is 9.62. The molecule has 1 atom stereocenters.